The van der Waals surface area contributed by atoms with Gasteiger partial charge in [0.05, 0.1) is 6.61 Å². The van der Waals surface area contributed by atoms with Gasteiger partial charge in [-0.3, -0.25) is 0 Å². The maximum absolute atomic E-state index is 10.9. The quantitative estimate of drug-likeness (QED) is 0.473. The maximum atomic E-state index is 10.9. The van der Waals surface area contributed by atoms with Gasteiger partial charge in [-0.1, -0.05) is 6.07 Å². The lowest BCUT2D eigenvalue weighted by Crippen LogP contribution is -1.98. The normalized spacial score (nSPS) is 10.4. The Bertz CT molecular complexity index is 332. The molecule has 0 spiro atoms. The molecule has 14 heavy (non-hydrogen) atoms. The van der Waals surface area contributed by atoms with Crippen LogP contribution in [0.5, 0.6) is 0 Å². The minimum atomic E-state index is -0.338. The minimum absolute atomic E-state index is 0.338. The third-order valence-corrected chi connectivity index (χ3v) is 1.92. The smallest absolute Gasteiger partial charge is 0.330 e. The van der Waals surface area contributed by atoms with Gasteiger partial charge in [0.25, 0.3) is 0 Å². The van der Waals surface area contributed by atoms with Crippen LogP contribution in [0.3, 0.4) is 0 Å². The van der Waals surface area contributed by atoms with Gasteiger partial charge in [-0.2, -0.15) is 0 Å². The Morgan fingerprint density at radius 2 is 2.43 bits per heavy atom. The van der Waals surface area contributed by atoms with Crippen molar-refractivity contribution in [2.45, 2.75) is 6.92 Å². The van der Waals surface area contributed by atoms with Crippen molar-refractivity contribution in [2.75, 3.05) is 6.61 Å². The molecule has 0 saturated heterocycles. The second-order valence-electron chi connectivity index (χ2n) is 2.50. The van der Waals surface area contributed by atoms with Gasteiger partial charge >= 0.3 is 5.97 Å². The molecule has 3 nitrogen and oxygen atoms in total. The Kier molecular flexibility index (Phi) is 4.32. The van der Waals surface area contributed by atoms with E-state index in [1.807, 2.05) is 12.1 Å². The van der Waals surface area contributed by atoms with E-state index in [9.17, 15) is 4.79 Å². The molecular weight excluding hydrogens is 246 g/mol. The molecule has 0 amide bonds. The fourth-order valence-electron chi connectivity index (χ4n) is 0.840. The molecule has 0 bridgehead atoms. The van der Waals surface area contributed by atoms with Crippen molar-refractivity contribution in [3.8, 4) is 0 Å². The summed E-state index contributed by atoms with van der Waals surface area (Å²) in [5, 5.41) is 0. The molecule has 1 heterocycles. The Morgan fingerprint density at radius 3 is 3.00 bits per heavy atom. The number of carbonyl (C=O) groups excluding carboxylic acids is 1. The first-order chi connectivity index (χ1) is 6.72. The average molecular weight is 256 g/mol. The highest BCUT2D eigenvalue weighted by atomic mass is 79.9. The van der Waals surface area contributed by atoms with Crippen molar-refractivity contribution in [2.24, 2.45) is 0 Å². The summed E-state index contributed by atoms with van der Waals surface area (Å²) in [5.41, 5.74) is 0.862. The van der Waals surface area contributed by atoms with Gasteiger partial charge in [-0.15, -0.1) is 0 Å². The van der Waals surface area contributed by atoms with Crippen LogP contribution in [0.4, 0.5) is 0 Å². The van der Waals surface area contributed by atoms with E-state index in [0.717, 1.165) is 10.2 Å². The summed E-state index contributed by atoms with van der Waals surface area (Å²) in [6.07, 6.45) is 4.71. The van der Waals surface area contributed by atoms with E-state index >= 15 is 0 Å². The summed E-state index contributed by atoms with van der Waals surface area (Å²) in [6.45, 7) is 2.16. The van der Waals surface area contributed by atoms with Crippen LogP contribution in [0.15, 0.2) is 29.0 Å². The van der Waals surface area contributed by atoms with Gasteiger partial charge in [-0.25, -0.2) is 9.78 Å². The number of esters is 1. The monoisotopic (exact) mass is 255 g/mol. The number of halogens is 1. The van der Waals surface area contributed by atoms with Crippen molar-refractivity contribution in [1.29, 1.82) is 0 Å². The van der Waals surface area contributed by atoms with Gasteiger partial charge in [-0.05, 0) is 40.6 Å². The third kappa shape index (κ3) is 3.70. The third-order valence-electron chi connectivity index (χ3n) is 1.45. The highest BCUT2D eigenvalue weighted by Gasteiger charge is 1.94. The summed E-state index contributed by atoms with van der Waals surface area (Å²) in [6, 6.07) is 3.66. The number of aromatic nitrogens is 1. The first-order valence-corrected chi connectivity index (χ1v) is 4.98. The Morgan fingerprint density at radius 1 is 1.64 bits per heavy atom. The predicted molar refractivity (Wildman–Crippen MR) is 57.6 cm³/mol. The maximum Gasteiger partial charge on any atom is 0.330 e. The molecule has 0 radical (unpaired) electrons. The highest BCUT2D eigenvalue weighted by molar-refractivity contribution is 9.10. The SMILES string of the molecule is CCOC(=O)C=Cc1ccc(Br)nc1. The van der Waals surface area contributed by atoms with Crippen LogP contribution in [0.2, 0.25) is 0 Å². The molecule has 1 aromatic heterocycles. The van der Waals surface area contributed by atoms with Gasteiger partial charge < -0.3 is 4.74 Å². The van der Waals surface area contributed by atoms with E-state index in [1.165, 1.54) is 6.08 Å². The standard InChI is InChI=1S/C10H10BrNO2/c1-2-14-10(13)6-4-8-3-5-9(11)12-7-8/h3-7H,2H2,1H3. The second-order valence-corrected chi connectivity index (χ2v) is 3.31. The Labute approximate surface area is 90.9 Å². The van der Waals surface area contributed by atoms with Crippen molar-refractivity contribution in [3.05, 3.63) is 34.6 Å². The van der Waals surface area contributed by atoms with Crippen molar-refractivity contribution >= 4 is 28.0 Å². The molecule has 0 aliphatic carbocycles. The van der Waals surface area contributed by atoms with Gasteiger partial charge in [0.2, 0.25) is 0 Å². The summed E-state index contributed by atoms with van der Waals surface area (Å²) in [5.74, 6) is -0.338. The molecule has 4 heteroatoms. The first-order valence-electron chi connectivity index (χ1n) is 4.18. The first kappa shape index (κ1) is 10.9. The number of hydrogen-bond donors (Lipinski definition) is 0. The zero-order chi connectivity index (χ0) is 10.4. The van der Waals surface area contributed by atoms with Crippen LogP contribution < -0.4 is 0 Å². The summed E-state index contributed by atoms with van der Waals surface area (Å²) in [4.78, 5) is 15.0. The average Bonchev–Trinajstić information content (AvgIpc) is 2.17. The van der Waals surface area contributed by atoms with Crippen molar-refractivity contribution < 1.29 is 9.53 Å². The summed E-state index contributed by atoms with van der Waals surface area (Å²) in [7, 11) is 0. The van der Waals surface area contributed by atoms with Crippen LogP contribution in [0, 0.1) is 0 Å². The van der Waals surface area contributed by atoms with E-state index in [-0.39, 0.29) is 5.97 Å². The number of carbonyl (C=O) groups is 1. The fourth-order valence-corrected chi connectivity index (χ4v) is 1.08. The molecule has 74 valence electrons. The van der Waals surface area contributed by atoms with Crippen LogP contribution in [-0.2, 0) is 9.53 Å². The number of nitrogens with zero attached hydrogens (tertiary/aromatic N) is 1. The molecule has 0 unspecified atom stereocenters. The van der Waals surface area contributed by atoms with E-state index in [0.29, 0.717) is 6.61 Å². The van der Waals surface area contributed by atoms with Crippen LogP contribution in [-0.4, -0.2) is 17.6 Å². The van der Waals surface area contributed by atoms with Gasteiger partial charge in [0.15, 0.2) is 0 Å². The highest BCUT2D eigenvalue weighted by Crippen LogP contribution is 2.07. The fraction of sp³-hybridized carbons (Fsp3) is 0.200. The van der Waals surface area contributed by atoms with Gasteiger partial charge in [0.1, 0.15) is 4.60 Å². The Hall–Kier alpha value is -1.16. The number of pyridine rings is 1. The summed E-state index contributed by atoms with van der Waals surface area (Å²) >= 11 is 3.22. The molecule has 1 rings (SSSR count). The molecule has 0 N–H and O–H groups in total. The number of rotatable bonds is 3. The molecule has 0 aromatic carbocycles. The van der Waals surface area contributed by atoms with Crippen LogP contribution >= 0.6 is 15.9 Å². The largest absolute Gasteiger partial charge is 0.463 e. The second kappa shape index (κ2) is 5.54. The van der Waals surface area contributed by atoms with E-state index in [2.05, 4.69) is 20.9 Å². The van der Waals surface area contributed by atoms with E-state index < -0.39 is 0 Å². The number of ether oxygens (including phenoxy) is 1. The molecule has 0 fully saturated rings. The lowest BCUT2D eigenvalue weighted by atomic mass is 10.2. The predicted octanol–water partition coefficient (Wildman–Crippen LogP) is 2.42. The molecule has 0 aliphatic rings. The number of hydrogen-bond acceptors (Lipinski definition) is 3. The lowest BCUT2D eigenvalue weighted by Gasteiger charge is -1.95. The Balaban J connectivity index is 2.60. The van der Waals surface area contributed by atoms with E-state index in [4.69, 9.17) is 4.74 Å². The van der Waals surface area contributed by atoms with Crippen LogP contribution in [0.1, 0.15) is 12.5 Å². The summed E-state index contributed by atoms with van der Waals surface area (Å²) < 4.78 is 5.50. The van der Waals surface area contributed by atoms with Crippen molar-refractivity contribution in [3.63, 3.8) is 0 Å². The van der Waals surface area contributed by atoms with E-state index in [1.54, 1.807) is 19.2 Å². The zero-order valence-corrected chi connectivity index (χ0v) is 9.32. The molecule has 0 atom stereocenters. The van der Waals surface area contributed by atoms with Gasteiger partial charge in [0, 0.05) is 12.3 Å². The topological polar surface area (TPSA) is 39.2 Å². The zero-order valence-electron chi connectivity index (χ0n) is 7.74. The van der Waals surface area contributed by atoms with Crippen LogP contribution in [0.25, 0.3) is 6.08 Å². The lowest BCUT2D eigenvalue weighted by molar-refractivity contribution is -0.137. The molecule has 0 aliphatic heterocycles. The molecule has 1 aromatic rings. The minimum Gasteiger partial charge on any atom is -0.463 e. The molecule has 0 saturated carbocycles. The molecular formula is C10H10BrNO2. The van der Waals surface area contributed by atoms with Crippen molar-refractivity contribution in [1.82, 2.24) is 4.98 Å².